The molecule has 7 heteroatoms. The summed E-state index contributed by atoms with van der Waals surface area (Å²) in [6, 6.07) is 5.92. The van der Waals surface area contributed by atoms with E-state index in [-0.39, 0.29) is 17.7 Å². The maximum atomic E-state index is 13.2. The van der Waals surface area contributed by atoms with Gasteiger partial charge in [0.2, 0.25) is 5.91 Å². The SMILES string of the molecule is Cc1cc(C)cc(C(=O)N2CCCC(C(=O)N3CCC(CNC(=O)OC(C)(C)C)CC3)C2)c1. The fraction of sp³-hybridized carbons (Fsp3) is 0.654. The zero-order valence-electron chi connectivity index (χ0n) is 20.8. The van der Waals surface area contributed by atoms with Crippen LogP contribution in [0.4, 0.5) is 4.79 Å². The molecule has 7 nitrogen and oxygen atoms in total. The Morgan fingerprint density at radius 1 is 0.970 bits per heavy atom. The van der Waals surface area contributed by atoms with Gasteiger partial charge in [-0.25, -0.2) is 4.79 Å². The third-order valence-electron chi connectivity index (χ3n) is 6.39. The van der Waals surface area contributed by atoms with Crippen molar-refractivity contribution < 1.29 is 19.1 Å². The highest BCUT2D eigenvalue weighted by molar-refractivity contribution is 5.95. The van der Waals surface area contributed by atoms with E-state index in [0.29, 0.717) is 44.2 Å². The quantitative estimate of drug-likeness (QED) is 0.743. The average Bonchev–Trinajstić information content (AvgIpc) is 2.75. The summed E-state index contributed by atoms with van der Waals surface area (Å²) in [4.78, 5) is 41.9. The van der Waals surface area contributed by atoms with Gasteiger partial charge in [0.05, 0.1) is 5.92 Å². The normalized spacial score (nSPS) is 19.8. The number of rotatable bonds is 4. The highest BCUT2D eigenvalue weighted by atomic mass is 16.6. The lowest BCUT2D eigenvalue weighted by Gasteiger charge is -2.38. The lowest BCUT2D eigenvalue weighted by molar-refractivity contribution is -0.138. The van der Waals surface area contributed by atoms with Crippen LogP contribution in [0.2, 0.25) is 0 Å². The Morgan fingerprint density at radius 3 is 2.21 bits per heavy atom. The van der Waals surface area contributed by atoms with Gasteiger partial charge in [-0.05, 0) is 78.4 Å². The number of hydrogen-bond acceptors (Lipinski definition) is 4. The predicted octanol–water partition coefficient (Wildman–Crippen LogP) is 3.92. The molecule has 0 aliphatic carbocycles. The number of nitrogens with one attached hydrogen (secondary N) is 1. The van der Waals surface area contributed by atoms with Crippen LogP contribution >= 0.6 is 0 Å². The summed E-state index contributed by atoms with van der Waals surface area (Å²) in [5.41, 5.74) is 2.35. The molecule has 1 N–H and O–H groups in total. The number of aryl methyl sites for hydroxylation is 2. The molecule has 1 aromatic rings. The Kier molecular flexibility index (Phi) is 8.03. The second kappa shape index (κ2) is 10.6. The predicted molar refractivity (Wildman–Crippen MR) is 128 cm³/mol. The van der Waals surface area contributed by atoms with Gasteiger partial charge < -0.3 is 19.9 Å². The van der Waals surface area contributed by atoms with Gasteiger partial charge in [0.15, 0.2) is 0 Å². The standard InChI is InChI=1S/C26H39N3O4/c1-18-13-19(2)15-22(14-18)24(31)29-10-6-7-21(17-29)23(30)28-11-8-20(9-12-28)16-27-25(32)33-26(3,4)5/h13-15,20-21H,6-12,16-17H2,1-5H3,(H,27,32). The molecular weight excluding hydrogens is 418 g/mol. The first-order chi connectivity index (χ1) is 15.5. The molecule has 0 spiro atoms. The van der Waals surface area contributed by atoms with E-state index in [2.05, 4.69) is 11.4 Å². The molecule has 2 aliphatic rings. The summed E-state index contributed by atoms with van der Waals surface area (Å²) in [5, 5.41) is 2.85. The van der Waals surface area contributed by atoms with E-state index < -0.39 is 11.7 Å². The average molecular weight is 458 g/mol. The van der Waals surface area contributed by atoms with Crippen molar-refractivity contribution >= 4 is 17.9 Å². The first-order valence-electron chi connectivity index (χ1n) is 12.1. The van der Waals surface area contributed by atoms with Gasteiger partial charge in [0.25, 0.3) is 5.91 Å². The van der Waals surface area contributed by atoms with Crippen LogP contribution in [0.1, 0.15) is 67.9 Å². The fourth-order valence-corrected chi connectivity index (χ4v) is 4.80. The molecule has 2 saturated heterocycles. The number of benzene rings is 1. The highest BCUT2D eigenvalue weighted by Crippen LogP contribution is 2.24. The number of carbonyl (C=O) groups is 3. The van der Waals surface area contributed by atoms with Crippen molar-refractivity contribution in [2.24, 2.45) is 11.8 Å². The van der Waals surface area contributed by atoms with Crippen molar-refractivity contribution in [2.75, 3.05) is 32.7 Å². The van der Waals surface area contributed by atoms with Gasteiger partial charge in [0.1, 0.15) is 5.60 Å². The molecule has 2 fully saturated rings. The molecule has 0 radical (unpaired) electrons. The Hall–Kier alpha value is -2.57. The number of piperidine rings is 2. The molecule has 1 atom stereocenters. The molecule has 1 unspecified atom stereocenters. The van der Waals surface area contributed by atoms with Crippen LogP contribution in [0.5, 0.6) is 0 Å². The van der Waals surface area contributed by atoms with Crippen LogP contribution in [0.25, 0.3) is 0 Å². The first kappa shape index (κ1) is 25.1. The molecule has 33 heavy (non-hydrogen) atoms. The zero-order valence-corrected chi connectivity index (χ0v) is 20.8. The minimum Gasteiger partial charge on any atom is -0.444 e. The monoisotopic (exact) mass is 457 g/mol. The lowest BCUT2D eigenvalue weighted by atomic mass is 9.92. The van der Waals surface area contributed by atoms with Gasteiger partial charge in [-0.3, -0.25) is 9.59 Å². The van der Waals surface area contributed by atoms with Crippen molar-refractivity contribution in [3.8, 4) is 0 Å². The summed E-state index contributed by atoms with van der Waals surface area (Å²) >= 11 is 0. The van der Waals surface area contributed by atoms with Crippen molar-refractivity contribution in [1.29, 1.82) is 0 Å². The Morgan fingerprint density at radius 2 is 1.61 bits per heavy atom. The largest absolute Gasteiger partial charge is 0.444 e. The Bertz CT molecular complexity index is 849. The Labute approximate surface area is 197 Å². The molecule has 182 valence electrons. The molecule has 0 saturated carbocycles. The van der Waals surface area contributed by atoms with Gasteiger partial charge in [-0.1, -0.05) is 17.2 Å². The van der Waals surface area contributed by atoms with Crippen LogP contribution < -0.4 is 5.32 Å². The zero-order chi connectivity index (χ0) is 24.2. The topological polar surface area (TPSA) is 79.0 Å². The molecule has 2 heterocycles. The third-order valence-corrected chi connectivity index (χ3v) is 6.39. The number of amides is 3. The van der Waals surface area contributed by atoms with E-state index in [0.717, 1.165) is 36.8 Å². The van der Waals surface area contributed by atoms with Crippen LogP contribution in [-0.2, 0) is 9.53 Å². The van der Waals surface area contributed by atoms with E-state index in [1.54, 1.807) is 0 Å². The fourth-order valence-electron chi connectivity index (χ4n) is 4.80. The molecule has 1 aromatic carbocycles. The van der Waals surface area contributed by atoms with E-state index in [1.165, 1.54) is 0 Å². The molecule has 3 rings (SSSR count). The van der Waals surface area contributed by atoms with Gasteiger partial charge >= 0.3 is 6.09 Å². The molecule has 2 aliphatic heterocycles. The van der Waals surface area contributed by atoms with Crippen LogP contribution in [0.3, 0.4) is 0 Å². The second-order valence-electron chi connectivity index (χ2n) is 10.6. The van der Waals surface area contributed by atoms with E-state index in [1.807, 2.05) is 56.6 Å². The second-order valence-corrected chi connectivity index (χ2v) is 10.6. The summed E-state index contributed by atoms with van der Waals surface area (Å²) < 4.78 is 5.29. The number of hydrogen-bond donors (Lipinski definition) is 1. The number of likely N-dealkylation sites (tertiary alicyclic amines) is 2. The Balaban J connectivity index is 1.48. The van der Waals surface area contributed by atoms with E-state index in [4.69, 9.17) is 4.74 Å². The molecule has 0 aromatic heterocycles. The number of nitrogens with zero attached hydrogens (tertiary/aromatic N) is 2. The van der Waals surface area contributed by atoms with Crippen LogP contribution in [0, 0.1) is 25.7 Å². The number of carbonyl (C=O) groups excluding carboxylic acids is 3. The summed E-state index contributed by atoms with van der Waals surface area (Å²) in [6.45, 7) is 12.7. The van der Waals surface area contributed by atoms with Crippen molar-refractivity contribution in [1.82, 2.24) is 15.1 Å². The molecule has 3 amide bonds. The van der Waals surface area contributed by atoms with Crippen molar-refractivity contribution in [3.05, 3.63) is 34.9 Å². The summed E-state index contributed by atoms with van der Waals surface area (Å²) in [7, 11) is 0. The maximum Gasteiger partial charge on any atom is 0.407 e. The smallest absolute Gasteiger partial charge is 0.407 e. The van der Waals surface area contributed by atoms with Gasteiger partial charge in [0, 0.05) is 38.3 Å². The van der Waals surface area contributed by atoms with Gasteiger partial charge in [-0.2, -0.15) is 0 Å². The van der Waals surface area contributed by atoms with Gasteiger partial charge in [-0.15, -0.1) is 0 Å². The molecule has 0 bridgehead atoms. The first-order valence-corrected chi connectivity index (χ1v) is 12.1. The third kappa shape index (κ3) is 7.21. The van der Waals surface area contributed by atoms with Crippen LogP contribution in [-0.4, -0.2) is 66.0 Å². The maximum absolute atomic E-state index is 13.2. The van der Waals surface area contributed by atoms with Crippen molar-refractivity contribution in [2.45, 2.75) is 65.9 Å². The van der Waals surface area contributed by atoms with E-state index >= 15 is 0 Å². The lowest BCUT2D eigenvalue weighted by Crippen LogP contribution is -2.49. The number of alkyl carbamates (subject to hydrolysis) is 1. The summed E-state index contributed by atoms with van der Waals surface area (Å²) in [6.07, 6.45) is 3.01. The highest BCUT2D eigenvalue weighted by Gasteiger charge is 2.33. The minimum absolute atomic E-state index is 0.0197. The van der Waals surface area contributed by atoms with Crippen molar-refractivity contribution in [3.63, 3.8) is 0 Å². The minimum atomic E-state index is -0.507. The number of ether oxygens (including phenoxy) is 1. The van der Waals surface area contributed by atoms with E-state index in [9.17, 15) is 14.4 Å². The summed E-state index contributed by atoms with van der Waals surface area (Å²) in [5.74, 6) is 0.387. The van der Waals surface area contributed by atoms with Crippen LogP contribution in [0.15, 0.2) is 18.2 Å². The molecular formula is C26H39N3O4.